The lowest BCUT2D eigenvalue weighted by atomic mass is 10.0. The van der Waals surface area contributed by atoms with Gasteiger partial charge in [-0.3, -0.25) is 0 Å². The van der Waals surface area contributed by atoms with Crippen LogP contribution in [0.3, 0.4) is 0 Å². The maximum Gasteiger partial charge on any atom is 0.134 e. The molecule has 0 N–H and O–H groups in total. The average molecular weight is 238 g/mol. The molecule has 18 heavy (non-hydrogen) atoms. The van der Waals surface area contributed by atoms with Crippen molar-refractivity contribution in [1.29, 1.82) is 0 Å². The molecule has 0 aliphatic carbocycles. The Labute approximate surface area is 108 Å². The minimum Gasteiger partial charge on any atom is -0.488 e. The predicted octanol–water partition coefficient (Wildman–Crippen LogP) is 4.83. The molecule has 0 atom stereocenters. The van der Waals surface area contributed by atoms with E-state index in [1.165, 1.54) is 11.0 Å². The number of ether oxygens (including phenoxy) is 1. The molecule has 92 valence electrons. The van der Waals surface area contributed by atoms with Gasteiger partial charge in [0.05, 0.1) is 0 Å². The fraction of sp³-hybridized carbons (Fsp3) is 0.176. The zero-order valence-electron chi connectivity index (χ0n) is 10.9. The van der Waals surface area contributed by atoms with Gasteiger partial charge in [0.25, 0.3) is 0 Å². The summed E-state index contributed by atoms with van der Waals surface area (Å²) in [6.07, 6.45) is 3.92. The molecule has 0 saturated heterocycles. The Morgan fingerprint density at radius 3 is 2.67 bits per heavy atom. The molecule has 0 fully saturated rings. The van der Waals surface area contributed by atoms with Gasteiger partial charge in [0.1, 0.15) is 12.4 Å². The third-order valence-electron chi connectivity index (χ3n) is 2.70. The molecule has 0 saturated carbocycles. The molecule has 0 aromatic heterocycles. The van der Waals surface area contributed by atoms with Gasteiger partial charge in [0, 0.05) is 10.9 Å². The van der Waals surface area contributed by atoms with Gasteiger partial charge < -0.3 is 4.74 Å². The molecular weight excluding hydrogens is 220 g/mol. The van der Waals surface area contributed by atoms with Crippen LogP contribution in [0.2, 0.25) is 0 Å². The van der Waals surface area contributed by atoms with Crippen LogP contribution in [0.15, 0.2) is 54.6 Å². The Morgan fingerprint density at radius 2 is 1.94 bits per heavy atom. The SMILES string of the molecule is C=CCOc1c(C=C(C)C)ccc2ccccc12. The predicted molar refractivity (Wildman–Crippen MR) is 79.0 cm³/mol. The molecule has 1 heteroatoms. The summed E-state index contributed by atoms with van der Waals surface area (Å²) < 4.78 is 5.84. The summed E-state index contributed by atoms with van der Waals surface area (Å²) in [5.74, 6) is 0.939. The average Bonchev–Trinajstić information content (AvgIpc) is 2.37. The van der Waals surface area contributed by atoms with E-state index in [0.717, 1.165) is 16.7 Å². The molecule has 0 amide bonds. The van der Waals surface area contributed by atoms with Crippen LogP contribution >= 0.6 is 0 Å². The Kier molecular flexibility index (Phi) is 3.83. The van der Waals surface area contributed by atoms with Crippen LogP contribution in [0.5, 0.6) is 5.75 Å². The molecule has 0 radical (unpaired) electrons. The van der Waals surface area contributed by atoms with Crippen LogP contribution in [0.4, 0.5) is 0 Å². The maximum atomic E-state index is 5.84. The zero-order chi connectivity index (χ0) is 13.0. The second-order valence-corrected chi connectivity index (χ2v) is 4.53. The van der Waals surface area contributed by atoms with Gasteiger partial charge in [-0.1, -0.05) is 60.7 Å². The van der Waals surface area contributed by atoms with Gasteiger partial charge in [-0.05, 0) is 19.2 Å². The van der Waals surface area contributed by atoms with E-state index in [4.69, 9.17) is 4.74 Å². The van der Waals surface area contributed by atoms with Crippen molar-refractivity contribution in [3.63, 3.8) is 0 Å². The third-order valence-corrected chi connectivity index (χ3v) is 2.70. The first-order valence-electron chi connectivity index (χ1n) is 6.12. The molecule has 0 bridgehead atoms. The number of hydrogen-bond donors (Lipinski definition) is 0. The van der Waals surface area contributed by atoms with Gasteiger partial charge in [-0.15, -0.1) is 0 Å². The highest BCUT2D eigenvalue weighted by Gasteiger charge is 2.06. The highest BCUT2D eigenvalue weighted by atomic mass is 16.5. The topological polar surface area (TPSA) is 9.23 Å². The maximum absolute atomic E-state index is 5.84. The van der Waals surface area contributed by atoms with Crippen molar-refractivity contribution in [3.8, 4) is 5.75 Å². The summed E-state index contributed by atoms with van der Waals surface area (Å²) in [6.45, 7) is 8.41. The van der Waals surface area contributed by atoms with E-state index in [1.807, 2.05) is 12.1 Å². The molecule has 1 nitrogen and oxygen atoms in total. The van der Waals surface area contributed by atoms with E-state index in [9.17, 15) is 0 Å². The first kappa shape index (κ1) is 12.4. The van der Waals surface area contributed by atoms with Crippen molar-refractivity contribution in [2.24, 2.45) is 0 Å². The summed E-state index contributed by atoms with van der Waals surface area (Å²) in [5, 5.41) is 2.34. The molecule has 2 aromatic rings. The molecule has 2 aromatic carbocycles. The van der Waals surface area contributed by atoms with Crippen LogP contribution in [-0.4, -0.2) is 6.61 Å². The number of hydrogen-bond acceptors (Lipinski definition) is 1. The van der Waals surface area contributed by atoms with Gasteiger partial charge in [-0.25, -0.2) is 0 Å². The van der Waals surface area contributed by atoms with Crippen LogP contribution in [0.25, 0.3) is 16.8 Å². The molecule has 0 spiro atoms. The van der Waals surface area contributed by atoms with E-state index < -0.39 is 0 Å². The van der Waals surface area contributed by atoms with Crippen molar-refractivity contribution in [3.05, 3.63) is 60.2 Å². The van der Waals surface area contributed by atoms with E-state index in [0.29, 0.717) is 6.61 Å². The van der Waals surface area contributed by atoms with E-state index >= 15 is 0 Å². The standard InChI is InChI=1S/C17H18O/c1-4-11-18-17-15(12-13(2)3)10-9-14-7-5-6-8-16(14)17/h4-10,12H,1,11H2,2-3H3. The van der Waals surface area contributed by atoms with E-state index in [2.05, 4.69) is 50.8 Å². The van der Waals surface area contributed by atoms with Crippen molar-refractivity contribution >= 4 is 16.8 Å². The summed E-state index contributed by atoms with van der Waals surface area (Å²) >= 11 is 0. The number of fused-ring (bicyclic) bond motifs is 1. The van der Waals surface area contributed by atoms with E-state index in [-0.39, 0.29) is 0 Å². The van der Waals surface area contributed by atoms with Gasteiger partial charge in [0.2, 0.25) is 0 Å². The molecule has 0 aliphatic heterocycles. The number of allylic oxidation sites excluding steroid dienone is 1. The summed E-state index contributed by atoms with van der Waals surface area (Å²) in [7, 11) is 0. The lowest BCUT2D eigenvalue weighted by Gasteiger charge is -2.11. The highest BCUT2D eigenvalue weighted by molar-refractivity contribution is 5.91. The minimum absolute atomic E-state index is 0.525. The molecule has 0 unspecified atom stereocenters. The Bertz CT molecular complexity index is 590. The minimum atomic E-state index is 0.525. The Hall–Kier alpha value is -2.02. The van der Waals surface area contributed by atoms with E-state index in [1.54, 1.807) is 6.08 Å². The van der Waals surface area contributed by atoms with Crippen LogP contribution in [0, 0.1) is 0 Å². The first-order valence-corrected chi connectivity index (χ1v) is 6.12. The molecule has 0 aliphatic rings. The van der Waals surface area contributed by atoms with Crippen molar-refractivity contribution in [2.45, 2.75) is 13.8 Å². The monoisotopic (exact) mass is 238 g/mol. The van der Waals surface area contributed by atoms with Gasteiger partial charge in [0.15, 0.2) is 0 Å². The zero-order valence-corrected chi connectivity index (χ0v) is 10.9. The van der Waals surface area contributed by atoms with Crippen molar-refractivity contribution in [2.75, 3.05) is 6.61 Å². The van der Waals surface area contributed by atoms with Gasteiger partial charge >= 0.3 is 0 Å². The summed E-state index contributed by atoms with van der Waals surface area (Å²) in [5.41, 5.74) is 2.38. The number of benzene rings is 2. The Balaban J connectivity index is 2.62. The second-order valence-electron chi connectivity index (χ2n) is 4.53. The van der Waals surface area contributed by atoms with Crippen LogP contribution in [0.1, 0.15) is 19.4 Å². The molecule has 2 rings (SSSR count). The molecule has 0 heterocycles. The quantitative estimate of drug-likeness (QED) is 0.693. The van der Waals surface area contributed by atoms with Crippen LogP contribution < -0.4 is 4.74 Å². The fourth-order valence-corrected chi connectivity index (χ4v) is 1.99. The first-order chi connectivity index (χ1) is 8.72. The molecular formula is C17H18O. The highest BCUT2D eigenvalue weighted by Crippen LogP contribution is 2.31. The lowest BCUT2D eigenvalue weighted by molar-refractivity contribution is 0.367. The van der Waals surface area contributed by atoms with Gasteiger partial charge in [-0.2, -0.15) is 0 Å². The summed E-state index contributed by atoms with van der Waals surface area (Å²) in [6, 6.07) is 12.5. The van der Waals surface area contributed by atoms with Crippen molar-refractivity contribution < 1.29 is 4.74 Å². The third kappa shape index (κ3) is 2.62. The Morgan fingerprint density at radius 1 is 1.17 bits per heavy atom. The second kappa shape index (κ2) is 5.54. The normalized spacial score (nSPS) is 10.1. The smallest absolute Gasteiger partial charge is 0.134 e. The largest absolute Gasteiger partial charge is 0.488 e. The summed E-state index contributed by atoms with van der Waals surface area (Å²) in [4.78, 5) is 0. The van der Waals surface area contributed by atoms with Crippen LogP contribution in [-0.2, 0) is 0 Å². The lowest BCUT2D eigenvalue weighted by Crippen LogP contribution is -1.96. The number of rotatable bonds is 4. The van der Waals surface area contributed by atoms with Crippen molar-refractivity contribution in [1.82, 2.24) is 0 Å². The fourth-order valence-electron chi connectivity index (χ4n) is 1.99.